The van der Waals surface area contributed by atoms with Crippen molar-refractivity contribution in [3.8, 4) is 0 Å². The maximum atomic E-state index is 8.94. The van der Waals surface area contributed by atoms with Gasteiger partial charge in [0.05, 0.1) is 6.61 Å². The molecule has 1 heterocycles. The molecule has 1 aromatic carbocycles. The second-order valence-corrected chi connectivity index (χ2v) is 4.83. The summed E-state index contributed by atoms with van der Waals surface area (Å²) in [5.41, 5.74) is 1.82. The molecule has 0 aliphatic carbocycles. The molecule has 0 atom stereocenters. The molecule has 2 N–H and O–H groups in total. The predicted octanol–water partition coefficient (Wildman–Crippen LogP) is 2.36. The predicted molar refractivity (Wildman–Crippen MR) is 62.1 cm³/mol. The summed E-state index contributed by atoms with van der Waals surface area (Å²) in [5.74, 6) is 2.33. The number of benzene rings is 1. The highest BCUT2D eigenvalue weighted by Gasteiger charge is 2.17. The van der Waals surface area contributed by atoms with E-state index in [0.717, 1.165) is 11.3 Å². The van der Waals surface area contributed by atoms with Crippen LogP contribution in [0.25, 0.3) is 0 Å². The first-order valence-electron chi connectivity index (χ1n) is 4.53. The molecule has 0 radical (unpaired) electrons. The van der Waals surface area contributed by atoms with E-state index in [1.54, 1.807) is 0 Å². The van der Waals surface area contributed by atoms with Crippen LogP contribution in [-0.4, -0.2) is 22.7 Å². The van der Waals surface area contributed by atoms with Crippen LogP contribution in [0.15, 0.2) is 18.2 Å². The van der Waals surface area contributed by atoms with E-state index in [0.29, 0.717) is 11.1 Å². The number of rotatable bonds is 3. The average Bonchev–Trinajstić information content (AvgIpc) is 2.12. The molecule has 0 bridgehead atoms. The standard InChI is InChI=1S/C10H12ClNOS/c11-10-3-8(2-1-7(10)4-13)12-9-5-14-6-9/h1-3,9,12-13H,4-6H2. The maximum absolute atomic E-state index is 8.94. The van der Waals surface area contributed by atoms with Gasteiger partial charge in [-0.25, -0.2) is 0 Å². The number of nitrogens with one attached hydrogen (secondary N) is 1. The lowest BCUT2D eigenvalue weighted by atomic mass is 10.2. The smallest absolute Gasteiger partial charge is 0.0696 e. The number of aliphatic hydroxyl groups excluding tert-OH is 1. The Bertz CT molecular complexity index is 328. The van der Waals surface area contributed by atoms with E-state index in [1.807, 2.05) is 30.0 Å². The molecule has 0 amide bonds. The molecule has 0 saturated carbocycles. The summed E-state index contributed by atoms with van der Waals surface area (Å²) in [7, 11) is 0. The number of thioether (sulfide) groups is 1. The second-order valence-electron chi connectivity index (χ2n) is 3.34. The summed E-state index contributed by atoms with van der Waals surface area (Å²) in [6.07, 6.45) is 0. The zero-order chi connectivity index (χ0) is 9.97. The van der Waals surface area contributed by atoms with Gasteiger partial charge in [0.2, 0.25) is 0 Å². The lowest BCUT2D eigenvalue weighted by Gasteiger charge is -2.27. The first-order chi connectivity index (χ1) is 6.79. The molecule has 0 spiro atoms. The molecule has 1 aliphatic heterocycles. The summed E-state index contributed by atoms with van der Waals surface area (Å²) >= 11 is 7.91. The van der Waals surface area contributed by atoms with Crippen LogP contribution in [0.2, 0.25) is 5.02 Å². The average molecular weight is 230 g/mol. The Kier molecular flexibility index (Phi) is 3.21. The molecule has 76 valence electrons. The Balaban J connectivity index is 2.07. The third-order valence-electron chi connectivity index (χ3n) is 2.23. The maximum Gasteiger partial charge on any atom is 0.0696 e. The summed E-state index contributed by atoms with van der Waals surface area (Å²) in [6, 6.07) is 6.27. The molecule has 4 heteroatoms. The normalized spacial score (nSPS) is 16.4. The highest BCUT2D eigenvalue weighted by molar-refractivity contribution is 8.00. The highest BCUT2D eigenvalue weighted by atomic mass is 35.5. The lowest BCUT2D eigenvalue weighted by molar-refractivity contribution is 0.282. The van der Waals surface area contributed by atoms with E-state index in [9.17, 15) is 0 Å². The van der Waals surface area contributed by atoms with Crippen molar-refractivity contribution in [2.45, 2.75) is 12.6 Å². The van der Waals surface area contributed by atoms with Gasteiger partial charge in [0.1, 0.15) is 0 Å². The van der Waals surface area contributed by atoms with Gasteiger partial charge in [-0.15, -0.1) is 0 Å². The number of halogens is 1. The van der Waals surface area contributed by atoms with Gasteiger partial charge in [0.15, 0.2) is 0 Å². The van der Waals surface area contributed by atoms with Gasteiger partial charge in [0, 0.05) is 28.3 Å². The van der Waals surface area contributed by atoms with Crippen LogP contribution in [0.4, 0.5) is 5.69 Å². The Morgan fingerprint density at radius 3 is 2.79 bits per heavy atom. The fourth-order valence-corrected chi connectivity index (χ4v) is 2.20. The molecule has 0 unspecified atom stereocenters. The van der Waals surface area contributed by atoms with Crippen molar-refractivity contribution in [3.05, 3.63) is 28.8 Å². The molecule has 1 saturated heterocycles. The number of hydrogen-bond donors (Lipinski definition) is 2. The van der Waals surface area contributed by atoms with Crippen LogP contribution in [0, 0.1) is 0 Å². The fraction of sp³-hybridized carbons (Fsp3) is 0.400. The van der Waals surface area contributed by atoms with Gasteiger partial charge in [-0.05, 0) is 17.7 Å². The topological polar surface area (TPSA) is 32.3 Å². The van der Waals surface area contributed by atoms with Crippen molar-refractivity contribution < 1.29 is 5.11 Å². The molecule has 2 nitrogen and oxygen atoms in total. The summed E-state index contributed by atoms with van der Waals surface area (Å²) < 4.78 is 0. The number of aliphatic hydroxyl groups is 1. The fourth-order valence-electron chi connectivity index (χ4n) is 1.32. The van der Waals surface area contributed by atoms with Crippen molar-refractivity contribution in [2.24, 2.45) is 0 Å². The molecule has 1 aliphatic rings. The Labute approximate surface area is 92.7 Å². The van der Waals surface area contributed by atoms with E-state index >= 15 is 0 Å². The third-order valence-corrected chi connectivity index (χ3v) is 3.86. The quantitative estimate of drug-likeness (QED) is 0.835. The van der Waals surface area contributed by atoms with E-state index in [1.165, 1.54) is 11.5 Å². The van der Waals surface area contributed by atoms with Gasteiger partial charge in [0.25, 0.3) is 0 Å². The van der Waals surface area contributed by atoms with E-state index in [2.05, 4.69) is 5.32 Å². The van der Waals surface area contributed by atoms with Crippen molar-refractivity contribution in [1.82, 2.24) is 0 Å². The van der Waals surface area contributed by atoms with Crippen molar-refractivity contribution in [3.63, 3.8) is 0 Å². The minimum absolute atomic E-state index is 0.00159. The Hall–Kier alpha value is -0.380. The van der Waals surface area contributed by atoms with Gasteiger partial charge in [-0.2, -0.15) is 11.8 Å². The Morgan fingerprint density at radius 2 is 2.29 bits per heavy atom. The SMILES string of the molecule is OCc1ccc(NC2CSC2)cc1Cl. The van der Waals surface area contributed by atoms with Gasteiger partial charge >= 0.3 is 0 Å². The Morgan fingerprint density at radius 1 is 1.50 bits per heavy atom. The summed E-state index contributed by atoms with van der Waals surface area (Å²) in [4.78, 5) is 0. The van der Waals surface area contributed by atoms with Gasteiger partial charge in [-0.1, -0.05) is 17.7 Å². The molecule has 1 fully saturated rings. The number of hydrogen-bond acceptors (Lipinski definition) is 3. The van der Waals surface area contributed by atoms with Crippen molar-refractivity contribution in [2.75, 3.05) is 16.8 Å². The van der Waals surface area contributed by atoms with Crippen LogP contribution in [0.3, 0.4) is 0 Å². The minimum atomic E-state index is -0.00159. The minimum Gasteiger partial charge on any atom is -0.392 e. The summed E-state index contributed by atoms with van der Waals surface area (Å²) in [6.45, 7) is -0.00159. The van der Waals surface area contributed by atoms with E-state index in [4.69, 9.17) is 16.7 Å². The molecule has 2 rings (SSSR count). The van der Waals surface area contributed by atoms with Crippen LogP contribution >= 0.6 is 23.4 Å². The van der Waals surface area contributed by atoms with Gasteiger partial charge < -0.3 is 10.4 Å². The molecular weight excluding hydrogens is 218 g/mol. The summed E-state index contributed by atoms with van der Waals surface area (Å²) in [5, 5.41) is 13.0. The van der Waals surface area contributed by atoms with Crippen LogP contribution in [0.5, 0.6) is 0 Å². The van der Waals surface area contributed by atoms with Gasteiger partial charge in [-0.3, -0.25) is 0 Å². The van der Waals surface area contributed by atoms with Crippen molar-refractivity contribution >= 4 is 29.1 Å². The molecule has 14 heavy (non-hydrogen) atoms. The number of anilines is 1. The molecule has 0 aromatic heterocycles. The zero-order valence-corrected chi connectivity index (χ0v) is 9.24. The van der Waals surface area contributed by atoms with Crippen LogP contribution in [-0.2, 0) is 6.61 Å². The monoisotopic (exact) mass is 229 g/mol. The third kappa shape index (κ3) is 2.16. The largest absolute Gasteiger partial charge is 0.392 e. The second kappa shape index (κ2) is 4.43. The highest BCUT2D eigenvalue weighted by Crippen LogP contribution is 2.25. The zero-order valence-electron chi connectivity index (χ0n) is 7.66. The molecule has 1 aromatic rings. The van der Waals surface area contributed by atoms with E-state index < -0.39 is 0 Å². The van der Waals surface area contributed by atoms with Crippen molar-refractivity contribution in [1.29, 1.82) is 0 Å². The molecular formula is C10H12ClNOS. The van der Waals surface area contributed by atoms with Crippen LogP contribution in [0.1, 0.15) is 5.56 Å². The first-order valence-corrected chi connectivity index (χ1v) is 6.06. The van der Waals surface area contributed by atoms with E-state index in [-0.39, 0.29) is 6.61 Å². The van der Waals surface area contributed by atoms with Crippen LogP contribution < -0.4 is 5.32 Å². The lowest BCUT2D eigenvalue weighted by Crippen LogP contribution is -2.33. The first kappa shape index (κ1) is 10.1.